The molecule has 162 valence electrons. The fourth-order valence-corrected chi connectivity index (χ4v) is 3.01. The molecule has 0 atom stereocenters. The normalized spacial score (nSPS) is 10.5. The van der Waals surface area contributed by atoms with Crippen LogP contribution in [0.3, 0.4) is 0 Å². The third kappa shape index (κ3) is 5.51. The van der Waals surface area contributed by atoms with Crippen LogP contribution in [0.4, 0.5) is 18.9 Å². The molecule has 0 spiro atoms. The summed E-state index contributed by atoms with van der Waals surface area (Å²) in [6, 6.07) is 6.00. The first-order chi connectivity index (χ1) is 14.9. The molecule has 2 aromatic carbocycles. The molecule has 0 unspecified atom stereocenters. The largest absolute Gasteiger partial charge is 0.493 e. The molecular weight excluding hydrogens is 435 g/mol. The maximum atomic E-state index is 13.6. The van der Waals surface area contributed by atoms with E-state index in [0.717, 1.165) is 11.8 Å². The van der Waals surface area contributed by atoms with Crippen molar-refractivity contribution >= 4 is 28.8 Å². The lowest BCUT2D eigenvalue weighted by atomic mass is 10.2. The van der Waals surface area contributed by atoms with E-state index in [-0.39, 0.29) is 12.2 Å². The molecule has 0 bridgehead atoms. The Morgan fingerprint density at radius 1 is 1.10 bits per heavy atom. The van der Waals surface area contributed by atoms with Crippen molar-refractivity contribution in [3.8, 4) is 11.5 Å². The highest BCUT2D eigenvalue weighted by atomic mass is 32.1. The van der Waals surface area contributed by atoms with Crippen LogP contribution in [-0.4, -0.2) is 30.5 Å². The monoisotopic (exact) mass is 451 g/mol. The van der Waals surface area contributed by atoms with E-state index in [1.165, 1.54) is 36.6 Å². The Balaban J connectivity index is 1.58. The number of aromatic nitrogens is 1. The van der Waals surface area contributed by atoms with Crippen molar-refractivity contribution in [3.05, 3.63) is 69.9 Å². The van der Waals surface area contributed by atoms with E-state index in [4.69, 9.17) is 9.47 Å². The number of carbonyl (C=O) groups excluding carboxylic acids is 2. The molecule has 1 aromatic heterocycles. The Morgan fingerprint density at radius 2 is 1.90 bits per heavy atom. The number of thiazole rings is 1. The minimum atomic E-state index is -1.70. The van der Waals surface area contributed by atoms with Crippen molar-refractivity contribution in [2.75, 3.05) is 19.0 Å². The molecule has 3 rings (SSSR count). The predicted octanol–water partition coefficient (Wildman–Crippen LogP) is 3.52. The number of benzene rings is 2. The van der Waals surface area contributed by atoms with Gasteiger partial charge in [-0.05, 0) is 30.3 Å². The summed E-state index contributed by atoms with van der Waals surface area (Å²) in [5.41, 5.74) is 2.07. The van der Waals surface area contributed by atoms with Gasteiger partial charge in [0.1, 0.15) is 6.61 Å². The fourth-order valence-electron chi connectivity index (χ4n) is 2.47. The second kappa shape index (κ2) is 9.94. The topological polar surface area (TPSA) is 89.5 Å². The number of hydrogen-bond acceptors (Lipinski definition) is 6. The summed E-state index contributed by atoms with van der Waals surface area (Å²) in [6.07, 6.45) is 0. The molecule has 2 amide bonds. The first-order valence-electron chi connectivity index (χ1n) is 8.78. The molecule has 0 fully saturated rings. The van der Waals surface area contributed by atoms with Crippen LogP contribution in [0.25, 0.3) is 0 Å². The second-order valence-electron chi connectivity index (χ2n) is 6.09. The van der Waals surface area contributed by atoms with Gasteiger partial charge in [-0.1, -0.05) is 0 Å². The van der Waals surface area contributed by atoms with Gasteiger partial charge in [-0.3, -0.25) is 9.59 Å². The summed E-state index contributed by atoms with van der Waals surface area (Å²) in [4.78, 5) is 28.3. The second-order valence-corrected chi connectivity index (χ2v) is 6.81. The van der Waals surface area contributed by atoms with Gasteiger partial charge in [0.2, 0.25) is 5.91 Å². The Hall–Kier alpha value is -3.60. The molecule has 0 saturated carbocycles. The van der Waals surface area contributed by atoms with Crippen LogP contribution in [0.1, 0.15) is 16.1 Å². The van der Waals surface area contributed by atoms with Crippen LogP contribution < -0.4 is 20.1 Å². The molecule has 1 heterocycles. The van der Waals surface area contributed by atoms with Gasteiger partial charge in [0.05, 0.1) is 30.5 Å². The fraction of sp³-hybridized carbons (Fsp3) is 0.150. The lowest BCUT2D eigenvalue weighted by Crippen LogP contribution is -2.33. The van der Waals surface area contributed by atoms with Crippen LogP contribution in [-0.2, 0) is 11.4 Å². The number of anilines is 1. The molecule has 11 heteroatoms. The summed E-state index contributed by atoms with van der Waals surface area (Å²) in [5.74, 6) is -5.34. The number of ether oxygens (including phenoxy) is 2. The summed E-state index contributed by atoms with van der Waals surface area (Å²) in [6.45, 7) is -0.298. The lowest BCUT2D eigenvalue weighted by Gasteiger charge is -2.12. The van der Waals surface area contributed by atoms with E-state index in [2.05, 4.69) is 15.6 Å². The molecule has 2 N–H and O–H groups in total. The van der Waals surface area contributed by atoms with Crippen molar-refractivity contribution in [1.29, 1.82) is 0 Å². The molecular formula is C20H16F3N3O4S. The van der Waals surface area contributed by atoms with Crippen molar-refractivity contribution in [1.82, 2.24) is 10.3 Å². The van der Waals surface area contributed by atoms with Gasteiger partial charge in [0.15, 0.2) is 29.0 Å². The highest BCUT2D eigenvalue weighted by molar-refractivity contribution is 7.07. The standard InChI is InChI=1S/C20H16F3N3O4S/c1-29-16-6-11(2-5-15(16)30-8-12-9-31-10-25-12)20(28)24-7-17(27)26-14-4-3-13(21)18(22)19(14)23/h2-6,9-10H,7-8H2,1H3,(H,24,28)(H,26,27). The average Bonchev–Trinajstić information content (AvgIpc) is 3.30. The van der Waals surface area contributed by atoms with Crippen LogP contribution >= 0.6 is 11.3 Å². The maximum absolute atomic E-state index is 13.6. The summed E-state index contributed by atoms with van der Waals surface area (Å²) in [5, 5.41) is 6.24. The average molecular weight is 451 g/mol. The van der Waals surface area contributed by atoms with Crippen LogP contribution in [0.15, 0.2) is 41.2 Å². The van der Waals surface area contributed by atoms with Gasteiger partial charge in [-0.2, -0.15) is 0 Å². The Labute approximate surface area is 178 Å². The molecule has 31 heavy (non-hydrogen) atoms. The van der Waals surface area contributed by atoms with Crippen molar-refractivity contribution in [2.24, 2.45) is 0 Å². The number of carbonyl (C=O) groups is 2. The highest BCUT2D eigenvalue weighted by Crippen LogP contribution is 2.29. The minimum absolute atomic E-state index is 0.185. The third-order valence-corrected chi connectivity index (χ3v) is 4.64. The molecule has 7 nitrogen and oxygen atoms in total. The van der Waals surface area contributed by atoms with E-state index in [1.807, 2.05) is 5.38 Å². The Morgan fingerprint density at radius 3 is 2.61 bits per heavy atom. The first kappa shape index (κ1) is 22.1. The number of methoxy groups -OCH3 is 1. The molecule has 0 aliphatic carbocycles. The van der Waals surface area contributed by atoms with Crippen molar-refractivity contribution in [3.63, 3.8) is 0 Å². The number of hydrogen-bond donors (Lipinski definition) is 2. The lowest BCUT2D eigenvalue weighted by molar-refractivity contribution is -0.115. The van der Waals surface area contributed by atoms with Gasteiger partial charge in [0.25, 0.3) is 5.91 Å². The molecule has 0 aliphatic heterocycles. The van der Waals surface area contributed by atoms with E-state index in [1.54, 1.807) is 5.51 Å². The zero-order chi connectivity index (χ0) is 22.4. The maximum Gasteiger partial charge on any atom is 0.251 e. The summed E-state index contributed by atoms with van der Waals surface area (Å²) >= 11 is 1.44. The van der Waals surface area contributed by atoms with Crippen LogP contribution in [0.2, 0.25) is 0 Å². The Bertz CT molecular complexity index is 1090. The number of rotatable bonds is 8. The van der Waals surface area contributed by atoms with Gasteiger partial charge < -0.3 is 20.1 Å². The molecule has 0 saturated heterocycles. The zero-order valence-corrected chi connectivity index (χ0v) is 16.9. The third-order valence-electron chi connectivity index (χ3n) is 4.00. The van der Waals surface area contributed by atoms with Gasteiger partial charge in [-0.15, -0.1) is 11.3 Å². The SMILES string of the molecule is COc1cc(C(=O)NCC(=O)Nc2ccc(F)c(F)c2F)ccc1OCc1cscn1. The number of amides is 2. The van der Waals surface area contributed by atoms with Crippen molar-refractivity contribution in [2.45, 2.75) is 6.61 Å². The van der Waals surface area contributed by atoms with E-state index < -0.39 is 41.5 Å². The quantitative estimate of drug-likeness (QED) is 0.512. The zero-order valence-electron chi connectivity index (χ0n) is 16.1. The molecule has 0 aliphatic rings. The van der Waals surface area contributed by atoms with E-state index >= 15 is 0 Å². The number of nitrogens with one attached hydrogen (secondary N) is 2. The number of halogens is 3. The predicted molar refractivity (Wildman–Crippen MR) is 107 cm³/mol. The smallest absolute Gasteiger partial charge is 0.251 e. The van der Waals surface area contributed by atoms with Crippen LogP contribution in [0, 0.1) is 17.5 Å². The Kier molecular flexibility index (Phi) is 7.08. The van der Waals surface area contributed by atoms with Gasteiger partial charge >= 0.3 is 0 Å². The molecule has 3 aromatic rings. The first-order valence-corrected chi connectivity index (χ1v) is 9.72. The van der Waals surface area contributed by atoms with Gasteiger partial charge in [-0.25, -0.2) is 18.2 Å². The van der Waals surface area contributed by atoms with Crippen LogP contribution in [0.5, 0.6) is 11.5 Å². The minimum Gasteiger partial charge on any atom is -0.493 e. The number of nitrogens with zero attached hydrogens (tertiary/aromatic N) is 1. The summed E-state index contributed by atoms with van der Waals surface area (Å²) in [7, 11) is 1.41. The highest BCUT2D eigenvalue weighted by Gasteiger charge is 2.16. The van der Waals surface area contributed by atoms with Gasteiger partial charge in [0, 0.05) is 10.9 Å². The molecule has 0 radical (unpaired) electrons. The van der Waals surface area contributed by atoms with Crippen molar-refractivity contribution < 1.29 is 32.2 Å². The van der Waals surface area contributed by atoms with E-state index in [9.17, 15) is 22.8 Å². The summed E-state index contributed by atoms with van der Waals surface area (Å²) < 4.78 is 50.6. The van der Waals surface area contributed by atoms with E-state index in [0.29, 0.717) is 17.6 Å².